The Morgan fingerprint density at radius 2 is 2.00 bits per heavy atom. The van der Waals surface area contributed by atoms with Crippen LogP contribution >= 0.6 is 0 Å². The summed E-state index contributed by atoms with van der Waals surface area (Å²) in [5, 5.41) is 0. The van der Waals surface area contributed by atoms with E-state index in [4.69, 9.17) is 4.74 Å². The molecule has 0 N–H and O–H groups in total. The third-order valence-electron chi connectivity index (χ3n) is 2.25. The molecule has 18 heavy (non-hydrogen) atoms. The molecule has 5 heteroatoms. The van der Waals surface area contributed by atoms with Crippen LogP contribution in [0.1, 0.15) is 17.3 Å². The van der Waals surface area contributed by atoms with Crippen LogP contribution < -0.4 is 4.74 Å². The summed E-state index contributed by atoms with van der Waals surface area (Å²) < 4.78 is 31.4. The van der Waals surface area contributed by atoms with Crippen LogP contribution in [0.3, 0.4) is 0 Å². The monoisotopic (exact) mass is 249 g/mol. The van der Waals surface area contributed by atoms with Crippen LogP contribution in [-0.2, 0) is 0 Å². The van der Waals surface area contributed by atoms with Crippen molar-refractivity contribution in [2.45, 2.75) is 6.92 Å². The third-order valence-corrected chi connectivity index (χ3v) is 2.25. The first kappa shape index (κ1) is 12.2. The van der Waals surface area contributed by atoms with Crippen molar-refractivity contribution in [3.8, 4) is 11.6 Å². The molecule has 0 atom stereocenters. The van der Waals surface area contributed by atoms with E-state index in [1.54, 1.807) is 0 Å². The SMILES string of the molecule is CC(=O)c1ccnc(Oc2cc(F)ccc2F)c1. The van der Waals surface area contributed by atoms with Crippen LogP contribution in [0.25, 0.3) is 0 Å². The second-order valence-electron chi connectivity index (χ2n) is 3.62. The van der Waals surface area contributed by atoms with E-state index in [1.165, 1.54) is 25.3 Å². The quantitative estimate of drug-likeness (QED) is 0.783. The number of pyridine rings is 1. The fourth-order valence-electron chi connectivity index (χ4n) is 1.35. The minimum Gasteiger partial charge on any atom is -0.436 e. The van der Waals surface area contributed by atoms with E-state index < -0.39 is 11.6 Å². The molecule has 2 aromatic rings. The first-order valence-electron chi connectivity index (χ1n) is 5.16. The van der Waals surface area contributed by atoms with E-state index in [-0.39, 0.29) is 17.4 Å². The highest BCUT2D eigenvalue weighted by molar-refractivity contribution is 5.94. The molecule has 0 aliphatic rings. The topological polar surface area (TPSA) is 39.2 Å². The van der Waals surface area contributed by atoms with E-state index >= 15 is 0 Å². The van der Waals surface area contributed by atoms with E-state index in [0.717, 1.165) is 18.2 Å². The lowest BCUT2D eigenvalue weighted by atomic mass is 10.2. The molecule has 0 fully saturated rings. The van der Waals surface area contributed by atoms with E-state index in [0.29, 0.717) is 5.56 Å². The number of rotatable bonds is 3. The number of aromatic nitrogens is 1. The summed E-state index contributed by atoms with van der Waals surface area (Å²) >= 11 is 0. The molecule has 1 heterocycles. The van der Waals surface area contributed by atoms with Gasteiger partial charge in [0, 0.05) is 23.9 Å². The highest BCUT2D eigenvalue weighted by Crippen LogP contribution is 2.24. The van der Waals surface area contributed by atoms with Gasteiger partial charge in [0.1, 0.15) is 5.82 Å². The van der Waals surface area contributed by atoms with Gasteiger partial charge in [-0.2, -0.15) is 0 Å². The largest absolute Gasteiger partial charge is 0.436 e. The van der Waals surface area contributed by atoms with Crippen LogP contribution in [0.2, 0.25) is 0 Å². The van der Waals surface area contributed by atoms with Crippen LogP contribution in [0.4, 0.5) is 8.78 Å². The van der Waals surface area contributed by atoms with Crippen molar-refractivity contribution in [1.82, 2.24) is 4.98 Å². The predicted molar refractivity (Wildman–Crippen MR) is 60.7 cm³/mol. The summed E-state index contributed by atoms with van der Waals surface area (Å²) in [7, 11) is 0. The van der Waals surface area contributed by atoms with Crippen molar-refractivity contribution in [3.05, 3.63) is 53.7 Å². The second-order valence-corrected chi connectivity index (χ2v) is 3.62. The number of carbonyl (C=O) groups excluding carboxylic acids is 1. The van der Waals surface area contributed by atoms with Crippen molar-refractivity contribution in [3.63, 3.8) is 0 Å². The molecular formula is C13H9F2NO2. The highest BCUT2D eigenvalue weighted by Gasteiger charge is 2.08. The van der Waals surface area contributed by atoms with Crippen molar-refractivity contribution in [2.24, 2.45) is 0 Å². The van der Waals surface area contributed by atoms with Gasteiger partial charge in [-0.15, -0.1) is 0 Å². The summed E-state index contributed by atoms with van der Waals surface area (Å²) in [4.78, 5) is 15.0. The summed E-state index contributed by atoms with van der Waals surface area (Å²) in [6.07, 6.45) is 1.36. The third kappa shape index (κ3) is 2.68. The molecule has 0 amide bonds. The molecular weight excluding hydrogens is 240 g/mol. The first-order valence-corrected chi connectivity index (χ1v) is 5.16. The van der Waals surface area contributed by atoms with Gasteiger partial charge in [-0.25, -0.2) is 13.8 Å². The molecule has 0 unspecified atom stereocenters. The minimum atomic E-state index is -0.702. The van der Waals surface area contributed by atoms with Gasteiger partial charge >= 0.3 is 0 Å². The number of Topliss-reactive ketones (excluding diaryl/α,β-unsaturated/α-hetero) is 1. The van der Waals surface area contributed by atoms with Gasteiger partial charge in [0.25, 0.3) is 0 Å². The molecule has 0 saturated heterocycles. The zero-order valence-electron chi connectivity index (χ0n) is 9.48. The molecule has 0 aliphatic heterocycles. The molecule has 0 spiro atoms. The van der Waals surface area contributed by atoms with Gasteiger partial charge < -0.3 is 4.74 Å². The van der Waals surface area contributed by atoms with Gasteiger partial charge in [0.05, 0.1) is 0 Å². The lowest BCUT2D eigenvalue weighted by Gasteiger charge is -2.06. The smallest absolute Gasteiger partial charge is 0.220 e. The Labute approximate surface area is 102 Å². The van der Waals surface area contributed by atoms with Gasteiger partial charge in [-0.3, -0.25) is 4.79 Å². The van der Waals surface area contributed by atoms with Gasteiger partial charge in [-0.05, 0) is 25.1 Å². The van der Waals surface area contributed by atoms with Crippen molar-refractivity contribution >= 4 is 5.78 Å². The Kier molecular flexibility index (Phi) is 3.32. The number of ether oxygens (including phenoxy) is 1. The fourth-order valence-corrected chi connectivity index (χ4v) is 1.35. The molecule has 2 rings (SSSR count). The zero-order valence-corrected chi connectivity index (χ0v) is 9.48. The maximum atomic E-state index is 13.3. The average Bonchev–Trinajstić information content (AvgIpc) is 2.34. The van der Waals surface area contributed by atoms with Crippen LogP contribution in [0, 0.1) is 11.6 Å². The second kappa shape index (κ2) is 4.91. The Morgan fingerprint density at radius 1 is 1.22 bits per heavy atom. The predicted octanol–water partition coefficient (Wildman–Crippen LogP) is 3.35. The Bertz CT molecular complexity index is 599. The zero-order chi connectivity index (χ0) is 13.1. The number of halogens is 2. The van der Waals surface area contributed by atoms with Crippen LogP contribution in [-0.4, -0.2) is 10.8 Å². The summed E-state index contributed by atoms with van der Waals surface area (Å²) in [6, 6.07) is 5.74. The van der Waals surface area contributed by atoms with Crippen molar-refractivity contribution in [2.75, 3.05) is 0 Å². The number of hydrogen-bond acceptors (Lipinski definition) is 3. The fraction of sp³-hybridized carbons (Fsp3) is 0.0769. The number of carbonyl (C=O) groups is 1. The van der Waals surface area contributed by atoms with Crippen molar-refractivity contribution < 1.29 is 18.3 Å². The van der Waals surface area contributed by atoms with Gasteiger partial charge in [-0.1, -0.05) is 0 Å². The van der Waals surface area contributed by atoms with Gasteiger partial charge in [0.15, 0.2) is 17.3 Å². The summed E-state index contributed by atoms with van der Waals surface area (Å²) in [5.41, 5.74) is 0.386. The molecule has 92 valence electrons. The molecule has 0 saturated carbocycles. The molecule has 0 bridgehead atoms. The average molecular weight is 249 g/mol. The first-order chi connectivity index (χ1) is 8.56. The molecule has 1 aromatic heterocycles. The summed E-state index contributed by atoms with van der Waals surface area (Å²) in [5.74, 6) is -1.72. The van der Waals surface area contributed by atoms with Crippen molar-refractivity contribution in [1.29, 1.82) is 0 Å². The lowest BCUT2D eigenvalue weighted by Crippen LogP contribution is -1.96. The molecule has 1 aromatic carbocycles. The van der Waals surface area contributed by atoms with Crippen LogP contribution in [0.5, 0.6) is 11.6 Å². The summed E-state index contributed by atoms with van der Waals surface area (Å²) in [6.45, 7) is 1.39. The molecule has 0 radical (unpaired) electrons. The van der Waals surface area contributed by atoms with E-state index in [2.05, 4.69) is 4.98 Å². The maximum absolute atomic E-state index is 13.3. The number of benzene rings is 1. The Hall–Kier alpha value is -2.30. The number of ketones is 1. The standard InChI is InChI=1S/C13H9F2NO2/c1-8(17)9-4-5-16-13(6-9)18-12-7-10(14)2-3-11(12)15/h2-7H,1H3. The number of nitrogens with zero attached hydrogens (tertiary/aromatic N) is 1. The van der Waals surface area contributed by atoms with E-state index in [9.17, 15) is 13.6 Å². The van der Waals surface area contributed by atoms with E-state index in [1.807, 2.05) is 0 Å². The minimum absolute atomic E-state index is 0.0344. The highest BCUT2D eigenvalue weighted by atomic mass is 19.1. The maximum Gasteiger partial charge on any atom is 0.220 e. The normalized spacial score (nSPS) is 10.2. The molecule has 3 nitrogen and oxygen atoms in total. The Morgan fingerprint density at radius 3 is 2.72 bits per heavy atom. The lowest BCUT2D eigenvalue weighted by molar-refractivity contribution is 0.101. The Balaban J connectivity index is 2.31. The van der Waals surface area contributed by atoms with Crippen LogP contribution in [0.15, 0.2) is 36.5 Å². The molecule has 0 aliphatic carbocycles. The van der Waals surface area contributed by atoms with Gasteiger partial charge in [0.2, 0.25) is 5.88 Å². The number of hydrogen-bond donors (Lipinski definition) is 0.